The molecule has 0 aliphatic rings. The van der Waals surface area contributed by atoms with Gasteiger partial charge in [0.2, 0.25) is 0 Å². The molecule has 0 aliphatic heterocycles. The van der Waals surface area contributed by atoms with Crippen LogP contribution in [-0.2, 0) is 11.3 Å². The van der Waals surface area contributed by atoms with Crippen molar-refractivity contribution in [2.45, 2.75) is 39.3 Å². The number of aliphatic hydroxyl groups is 1. The molecular weight excluding hydrogens is 306 g/mol. The summed E-state index contributed by atoms with van der Waals surface area (Å²) in [6.07, 6.45) is 1.02. The highest BCUT2D eigenvalue weighted by atomic mass is 16.5. The van der Waals surface area contributed by atoms with E-state index in [2.05, 4.69) is 16.0 Å². The number of benzene rings is 1. The molecule has 0 heterocycles. The Morgan fingerprint density at radius 1 is 1.08 bits per heavy atom. The molecule has 0 unspecified atom stereocenters. The first-order valence-corrected chi connectivity index (χ1v) is 8.46. The van der Waals surface area contributed by atoms with Crippen molar-refractivity contribution in [3.8, 4) is 5.75 Å². The maximum atomic E-state index is 11.7. The summed E-state index contributed by atoms with van der Waals surface area (Å²) in [5, 5.41) is 18.0. The molecule has 6 nitrogen and oxygen atoms in total. The first kappa shape index (κ1) is 20.4. The van der Waals surface area contributed by atoms with Crippen molar-refractivity contribution in [1.82, 2.24) is 16.0 Å². The third kappa shape index (κ3) is 10.2. The summed E-state index contributed by atoms with van der Waals surface area (Å²) in [4.78, 5) is 11.7. The van der Waals surface area contributed by atoms with Crippen molar-refractivity contribution < 1.29 is 14.6 Å². The Bertz CT molecular complexity index is 469. The smallest absolute Gasteiger partial charge is 0.258 e. The van der Waals surface area contributed by atoms with Gasteiger partial charge in [-0.1, -0.05) is 12.1 Å². The van der Waals surface area contributed by atoms with Crippen molar-refractivity contribution in [3.05, 3.63) is 29.8 Å². The van der Waals surface area contributed by atoms with Gasteiger partial charge >= 0.3 is 0 Å². The third-order valence-electron chi connectivity index (χ3n) is 3.13. The summed E-state index contributed by atoms with van der Waals surface area (Å²) < 4.78 is 5.49. The first-order chi connectivity index (χ1) is 11.4. The Hall–Kier alpha value is -1.63. The van der Waals surface area contributed by atoms with E-state index in [1.165, 1.54) is 5.56 Å². The Labute approximate surface area is 145 Å². The first-order valence-electron chi connectivity index (χ1n) is 8.46. The maximum absolute atomic E-state index is 11.7. The molecule has 0 aliphatic carbocycles. The SMILES string of the molecule is CC(C)(C)NC(=O)COc1ccc(CNCCCNCCO)cc1. The normalized spacial score (nSPS) is 11.3. The fraction of sp³-hybridized carbons (Fsp3) is 0.611. The lowest BCUT2D eigenvalue weighted by Gasteiger charge is -2.20. The topological polar surface area (TPSA) is 82.6 Å². The van der Waals surface area contributed by atoms with Crippen LogP contribution >= 0.6 is 0 Å². The molecule has 4 N–H and O–H groups in total. The molecular formula is C18H31N3O3. The molecule has 0 saturated heterocycles. The van der Waals surface area contributed by atoms with E-state index < -0.39 is 0 Å². The van der Waals surface area contributed by atoms with Gasteiger partial charge < -0.3 is 25.8 Å². The zero-order chi connectivity index (χ0) is 17.8. The number of aliphatic hydroxyl groups excluding tert-OH is 1. The van der Waals surface area contributed by atoms with Crippen molar-refractivity contribution in [1.29, 1.82) is 0 Å². The van der Waals surface area contributed by atoms with E-state index in [4.69, 9.17) is 9.84 Å². The van der Waals surface area contributed by atoms with E-state index in [0.717, 1.165) is 26.1 Å². The molecule has 0 spiro atoms. The highest BCUT2D eigenvalue weighted by Crippen LogP contribution is 2.12. The van der Waals surface area contributed by atoms with Gasteiger partial charge in [-0.2, -0.15) is 0 Å². The fourth-order valence-corrected chi connectivity index (χ4v) is 2.08. The van der Waals surface area contributed by atoms with Gasteiger partial charge in [0.15, 0.2) is 6.61 Å². The standard InChI is InChI=1S/C18H31N3O3/c1-18(2,3)21-17(23)14-24-16-7-5-15(6-8-16)13-20-10-4-9-19-11-12-22/h5-8,19-20,22H,4,9-14H2,1-3H3,(H,21,23). The van der Waals surface area contributed by atoms with Crippen LogP contribution in [0.5, 0.6) is 5.75 Å². The maximum Gasteiger partial charge on any atom is 0.258 e. The van der Waals surface area contributed by atoms with E-state index >= 15 is 0 Å². The molecule has 24 heavy (non-hydrogen) atoms. The summed E-state index contributed by atoms with van der Waals surface area (Å²) in [7, 11) is 0. The van der Waals surface area contributed by atoms with Crippen LogP contribution in [0.2, 0.25) is 0 Å². The number of carbonyl (C=O) groups excluding carboxylic acids is 1. The van der Waals surface area contributed by atoms with E-state index in [0.29, 0.717) is 12.3 Å². The Morgan fingerprint density at radius 2 is 1.75 bits per heavy atom. The molecule has 1 aromatic rings. The van der Waals surface area contributed by atoms with Gasteiger partial charge in [0.25, 0.3) is 5.91 Å². The van der Waals surface area contributed by atoms with Crippen molar-refractivity contribution in [3.63, 3.8) is 0 Å². The largest absolute Gasteiger partial charge is 0.484 e. The van der Waals surface area contributed by atoms with E-state index in [-0.39, 0.29) is 24.7 Å². The molecule has 1 amide bonds. The average Bonchev–Trinajstić information content (AvgIpc) is 2.51. The summed E-state index contributed by atoms with van der Waals surface area (Å²) >= 11 is 0. The van der Waals surface area contributed by atoms with Gasteiger partial charge in [0.05, 0.1) is 6.61 Å². The van der Waals surface area contributed by atoms with Crippen LogP contribution < -0.4 is 20.7 Å². The van der Waals surface area contributed by atoms with Gasteiger partial charge in [-0.15, -0.1) is 0 Å². The fourth-order valence-electron chi connectivity index (χ4n) is 2.08. The number of hydrogen-bond donors (Lipinski definition) is 4. The third-order valence-corrected chi connectivity index (χ3v) is 3.13. The number of rotatable bonds is 11. The van der Waals surface area contributed by atoms with Gasteiger partial charge in [-0.25, -0.2) is 0 Å². The molecule has 0 aromatic heterocycles. The summed E-state index contributed by atoms with van der Waals surface area (Å²) in [5.41, 5.74) is 0.925. The quantitative estimate of drug-likeness (QED) is 0.454. The molecule has 0 bridgehead atoms. The molecule has 6 heteroatoms. The Balaban J connectivity index is 2.20. The highest BCUT2D eigenvalue weighted by Gasteiger charge is 2.13. The van der Waals surface area contributed by atoms with Gasteiger partial charge in [0, 0.05) is 18.6 Å². The van der Waals surface area contributed by atoms with Gasteiger partial charge in [-0.3, -0.25) is 4.79 Å². The second-order valence-electron chi connectivity index (χ2n) is 6.73. The summed E-state index contributed by atoms with van der Waals surface area (Å²) in [6, 6.07) is 7.75. The van der Waals surface area contributed by atoms with Crippen LogP contribution in [-0.4, -0.2) is 49.4 Å². The van der Waals surface area contributed by atoms with Crippen molar-refractivity contribution in [2.24, 2.45) is 0 Å². The van der Waals surface area contributed by atoms with Crippen molar-refractivity contribution >= 4 is 5.91 Å². The lowest BCUT2D eigenvalue weighted by atomic mass is 10.1. The minimum absolute atomic E-state index is 0.0235. The zero-order valence-electron chi connectivity index (χ0n) is 15.0. The number of carbonyl (C=O) groups is 1. The van der Waals surface area contributed by atoms with Crippen LogP contribution in [0.3, 0.4) is 0 Å². The van der Waals surface area contributed by atoms with Gasteiger partial charge in [0.1, 0.15) is 5.75 Å². The van der Waals surface area contributed by atoms with Crippen LogP contribution in [0.4, 0.5) is 0 Å². The second-order valence-corrected chi connectivity index (χ2v) is 6.73. The molecule has 1 aromatic carbocycles. The summed E-state index contributed by atoms with van der Waals surface area (Å²) in [6.45, 7) is 9.29. The monoisotopic (exact) mass is 337 g/mol. The molecule has 1 rings (SSSR count). The molecule has 136 valence electrons. The van der Waals surface area contributed by atoms with Crippen LogP contribution in [0.15, 0.2) is 24.3 Å². The van der Waals surface area contributed by atoms with Crippen LogP contribution in [0.1, 0.15) is 32.8 Å². The lowest BCUT2D eigenvalue weighted by Crippen LogP contribution is -2.43. The second kappa shape index (κ2) is 11.0. The van der Waals surface area contributed by atoms with Crippen LogP contribution in [0.25, 0.3) is 0 Å². The molecule has 0 radical (unpaired) electrons. The molecule has 0 fully saturated rings. The van der Waals surface area contributed by atoms with Gasteiger partial charge in [-0.05, 0) is 58.0 Å². The average molecular weight is 337 g/mol. The Morgan fingerprint density at radius 3 is 2.38 bits per heavy atom. The predicted molar refractivity (Wildman–Crippen MR) is 96.1 cm³/mol. The number of amides is 1. The minimum atomic E-state index is -0.246. The minimum Gasteiger partial charge on any atom is -0.484 e. The molecule has 0 saturated carbocycles. The van der Waals surface area contributed by atoms with Crippen LogP contribution in [0, 0.1) is 0 Å². The highest BCUT2D eigenvalue weighted by molar-refractivity contribution is 5.78. The predicted octanol–water partition coefficient (Wildman–Crippen LogP) is 1.04. The van der Waals surface area contributed by atoms with Crippen molar-refractivity contribution in [2.75, 3.05) is 32.8 Å². The number of nitrogens with one attached hydrogen (secondary N) is 3. The lowest BCUT2D eigenvalue weighted by molar-refractivity contribution is -0.124. The molecule has 0 atom stereocenters. The number of hydrogen-bond acceptors (Lipinski definition) is 5. The van der Waals surface area contributed by atoms with E-state index in [9.17, 15) is 4.79 Å². The zero-order valence-corrected chi connectivity index (χ0v) is 15.0. The summed E-state index contributed by atoms with van der Waals surface area (Å²) in [5.74, 6) is 0.569. The van der Waals surface area contributed by atoms with E-state index in [1.807, 2.05) is 45.0 Å². The van der Waals surface area contributed by atoms with E-state index in [1.54, 1.807) is 0 Å². The Kier molecular flexibility index (Phi) is 9.37. The number of ether oxygens (including phenoxy) is 1.